The molecule has 1 aliphatic carbocycles. The number of pyridine rings is 1. The van der Waals surface area contributed by atoms with E-state index in [0.29, 0.717) is 5.69 Å². The molecule has 2 N–H and O–H groups in total. The number of aromatic nitrogens is 3. The lowest BCUT2D eigenvalue weighted by Crippen LogP contribution is -2.32. The highest BCUT2D eigenvalue weighted by Gasteiger charge is 2.29. The molecule has 2 amide bonds. The zero-order chi connectivity index (χ0) is 19.8. The molecule has 6 nitrogen and oxygen atoms in total. The maximum Gasteiger partial charge on any atom is 0.320 e. The van der Waals surface area contributed by atoms with Gasteiger partial charge in [0.05, 0.1) is 17.9 Å². The van der Waals surface area contributed by atoms with Gasteiger partial charge in [0.2, 0.25) is 0 Å². The minimum absolute atomic E-state index is 0.187. The van der Waals surface area contributed by atoms with Gasteiger partial charge in [-0.2, -0.15) is 0 Å². The van der Waals surface area contributed by atoms with Crippen LogP contribution in [0.15, 0.2) is 79.4 Å². The van der Waals surface area contributed by atoms with E-state index in [0.717, 1.165) is 33.6 Å². The smallest absolute Gasteiger partial charge is 0.320 e. The summed E-state index contributed by atoms with van der Waals surface area (Å²) in [7, 11) is 1.92. The third-order valence-corrected chi connectivity index (χ3v) is 5.18. The second kappa shape index (κ2) is 6.91. The number of carbonyl (C=O) groups is 1. The number of anilines is 1. The number of nitrogens with one attached hydrogen (secondary N) is 2. The predicted octanol–water partition coefficient (Wildman–Crippen LogP) is 4.37. The molecule has 0 radical (unpaired) electrons. The fourth-order valence-corrected chi connectivity index (χ4v) is 3.88. The number of aryl methyl sites for hydroxylation is 1. The van der Waals surface area contributed by atoms with Crippen LogP contribution in [0.4, 0.5) is 10.5 Å². The van der Waals surface area contributed by atoms with Crippen molar-refractivity contribution in [2.45, 2.75) is 6.04 Å². The Morgan fingerprint density at radius 2 is 1.69 bits per heavy atom. The van der Waals surface area contributed by atoms with E-state index >= 15 is 0 Å². The van der Waals surface area contributed by atoms with Crippen LogP contribution in [0.1, 0.15) is 17.2 Å². The Hall–Kier alpha value is -3.93. The van der Waals surface area contributed by atoms with Crippen LogP contribution in [0.25, 0.3) is 22.5 Å². The van der Waals surface area contributed by atoms with E-state index in [-0.39, 0.29) is 12.1 Å². The molecular weight excluding hydrogens is 362 g/mol. The zero-order valence-corrected chi connectivity index (χ0v) is 15.8. The van der Waals surface area contributed by atoms with Gasteiger partial charge < -0.3 is 15.2 Å². The average Bonchev–Trinajstić information content (AvgIpc) is 3.30. The lowest BCUT2D eigenvalue weighted by molar-refractivity contribution is 0.250. The van der Waals surface area contributed by atoms with Gasteiger partial charge in [-0.1, -0.05) is 48.5 Å². The third kappa shape index (κ3) is 3.04. The zero-order valence-electron chi connectivity index (χ0n) is 15.8. The van der Waals surface area contributed by atoms with E-state index in [1.807, 2.05) is 48.1 Å². The van der Waals surface area contributed by atoms with Crippen LogP contribution in [0, 0.1) is 0 Å². The number of urea groups is 1. The molecule has 0 bridgehead atoms. The van der Waals surface area contributed by atoms with Gasteiger partial charge in [-0.3, -0.25) is 4.98 Å². The van der Waals surface area contributed by atoms with Gasteiger partial charge in [-0.05, 0) is 28.3 Å². The van der Waals surface area contributed by atoms with Gasteiger partial charge >= 0.3 is 6.03 Å². The van der Waals surface area contributed by atoms with Crippen molar-refractivity contribution in [3.8, 4) is 22.5 Å². The van der Waals surface area contributed by atoms with Crippen LogP contribution in [0.5, 0.6) is 0 Å². The highest BCUT2D eigenvalue weighted by molar-refractivity contribution is 5.91. The van der Waals surface area contributed by atoms with Crippen LogP contribution in [-0.4, -0.2) is 20.6 Å². The lowest BCUT2D eigenvalue weighted by atomic mass is 10.1. The third-order valence-electron chi connectivity index (χ3n) is 5.18. The topological polar surface area (TPSA) is 71.8 Å². The van der Waals surface area contributed by atoms with E-state index in [4.69, 9.17) is 0 Å². The number of amides is 2. The van der Waals surface area contributed by atoms with Crippen LogP contribution < -0.4 is 10.6 Å². The highest BCUT2D eigenvalue weighted by Crippen LogP contribution is 2.42. The summed E-state index contributed by atoms with van der Waals surface area (Å²) in [4.78, 5) is 21.4. The molecule has 6 heteroatoms. The number of nitrogens with zero attached hydrogens (tertiary/aromatic N) is 3. The Labute approximate surface area is 168 Å². The van der Waals surface area contributed by atoms with Crippen LogP contribution in [-0.2, 0) is 7.05 Å². The summed E-state index contributed by atoms with van der Waals surface area (Å²) < 4.78 is 1.91. The molecule has 5 rings (SSSR count). The van der Waals surface area contributed by atoms with Crippen molar-refractivity contribution in [3.63, 3.8) is 0 Å². The quantitative estimate of drug-likeness (QED) is 0.553. The number of carbonyl (C=O) groups excluding carboxylic acids is 1. The molecule has 4 aromatic rings. The van der Waals surface area contributed by atoms with Crippen LogP contribution in [0.2, 0.25) is 0 Å². The molecule has 2 aromatic heterocycles. The van der Waals surface area contributed by atoms with Crippen molar-refractivity contribution in [2.24, 2.45) is 7.05 Å². The minimum atomic E-state index is -0.278. The number of hydrogen-bond donors (Lipinski definition) is 2. The van der Waals surface area contributed by atoms with Gasteiger partial charge in [-0.15, -0.1) is 0 Å². The summed E-state index contributed by atoms with van der Waals surface area (Å²) in [5.74, 6) is 0.792. The standard InChI is InChI=1S/C23H19N5O/c1-28-11-10-25-22(28)15-12-16(14-24-13-15)26-23(29)27-21-19-8-4-2-6-17(19)18-7-3-5-9-20(18)21/h2-14,21H,1H3,(H2,26,27,29). The minimum Gasteiger partial charge on any atom is -0.334 e. The first-order valence-electron chi connectivity index (χ1n) is 9.39. The van der Waals surface area contributed by atoms with Gasteiger partial charge in [-0.25, -0.2) is 9.78 Å². The Balaban J connectivity index is 1.39. The predicted molar refractivity (Wildman–Crippen MR) is 112 cm³/mol. The van der Waals surface area contributed by atoms with Crippen LogP contribution in [0.3, 0.4) is 0 Å². The van der Waals surface area contributed by atoms with E-state index < -0.39 is 0 Å². The fourth-order valence-electron chi connectivity index (χ4n) is 3.88. The SMILES string of the molecule is Cn1ccnc1-c1cncc(NC(=O)NC2c3ccccc3-c3ccccc32)c1. The van der Waals surface area contributed by atoms with Crippen molar-refractivity contribution < 1.29 is 4.79 Å². The van der Waals surface area contributed by atoms with Crippen molar-refractivity contribution in [1.82, 2.24) is 19.9 Å². The van der Waals surface area contributed by atoms with Crippen molar-refractivity contribution in [2.75, 3.05) is 5.32 Å². The monoisotopic (exact) mass is 381 g/mol. The van der Waals surface area contributed by atoms with E-state index in [9.17, 15) is 4.79 Å². The Kier molecular flexibility index (Phi) is 4.09. The van der Waals surface area contributed by atoms with Gasteiger partial charge in [0, 0.05) is 31.2 Å². The summed E-state index contributed by atoms with van der Waals surface area (Å²) in [5, 5.41) is 6.01. The lowest BCUT2D eigenvalue weighted by Gasteiger charge is -2.16. The fraction of sp³-hybridized carbons (Fsp3) is 0.0870. The number of hydrogen-bond acceptors (Lipinski definition) is 3. The molecule has 0 saturated heterocycles. The largest absolute Gasteiger partial charge is 0.334 e. The van der Waals surface area contributed by atoms with E-state index in [1.165, 1.54) is 0 Å². The summed E-state index contributed by atoms with van der Waals surface area (Å²) in [6.45, 7) is 0. The van der Waals surface area contributed by atoms with E-state index in [1.54, 1.807) is 18.6 Å². The normalized spacial score (nSPS) is 12.3. The Morgan fingerprint density at radius 3 is 2.34 bits per heavy atom. The maximum atomic E-state index is 12.8. The first-order chi connectivity index (χ1) is 14.2. The summed E-state index contributed by atoms with van der Waals surface area (Å²) in [6, 6.07) is 17.7. The van der Waals surface area contributed by atoms with Gasteiger partial charge in [0.15, 0.2) is 0 Å². The molecule has 0 spiro atoms. The second-order valence-electron chi connectivity index (χ2n) is 7.03. The number of benzene rings is 2. The molecule has 142 valence electrons. The highest BCUT2D eigenvalue weighted by atomic mass is 16.2. The maximum absolute atomic E-state index is 12.8. The van der Waals surface area contributed by atoms with Gasteiger partial charge in [0.1, 0.15) is 5.82 Å². The molecule has 2 aromatic carbocycles. The summed E-state index contributed by atoms with van der Waals surface area (Å²) in [6.07, 6.45) is 6.96. The molecule has 0 unspecified atom stereocenters. The molecular formula is C23H19N5O. The molecule has 0 fully saturated rings. The summed E-state index contributed by atoms with van der Waals surface area (Å²) in [5.41, 5.74) is 5.97. The molecule has 1 aliphatic rings. The Morgan fingerprint density at radius 1 is 1.00 bits per heavy atom. The molecule has 29 heavy (non-hydrogen) atoms. The van der Waals surface area contributed by atoms with Crippen molar-refractivity contribution in [1.29, 1.82) is 0 Å². The molecule has 0 atom stereocenters. The first kappa shape index (κ1) is 17.2. The van der Waals surface area contributed by atoms with Crippen molar-refractivity contribution in [3.05, 3.63) is 90.5 Å². The molecule has 0 aliphatic heterocycles. The van der Waals surface area contributed by atoms with Gasteiger partial charge in [0.25, 0.3) is 0 Å². The second-order valence-corrected chi connectivity index (χ2v) is 7.03. The van der Waals surface area contributed by atoms with Crippen LogP contribution >= 0.6 is 0 Å². The molecule has 0 saturated carbocycles. The Bertz CT molecular complexity index is 1170. The number of imidazole rings is 1. The van der Waals surface area contributed by atoms with Crippen molar-refractivity contribution >= 4 is 11.7 Å². The number of fused-ring (bicyclic) bond motifs is 3. The van der Waals surface area contributed by atoms with E-state index in [2.05, 4.69) is 44.9 Å². The number of rotatable bonds is 3. The average molecular weight is 381 g/mol. The molecule has 2 heterocycles. The summed E-state index contributed by atoms with van der Waals surface area (Å²) >= 11 is 0. The first-order valence-corrected chi connectivity index (χ1v) is 9.39.